The zero-order valence-electron chi connectivity index (χ0n) is 12.5. The average molecular weight is 289 g/mol. The Kier molecular flexibility index (Phi) is 4.38. The molecule has 4 nitrogen and oxygen atoms in total. The van der Waals surface area contributed by atoms with Crippen molar-refractivity contribution in [2.24, 2.45) is 11.8 Å². The maximum atomic E-state index is 12.4. The third-order valence-corrected chi connectivity index (χ3v) is 5.01. The molecule has 1 aliphatic carbocycles. The number of quaternary nitrogens is 1. The zero-order chi connectivity index (χ0) is 14.8. The maximum Gasteiger partial charge on any atom is 0.252 e. The first-order valence-corrected chi connectivity index (χ1v) is 7.90. The van der Waals surface area contributed by atoms with Gasteiger partial charge in [-0.1, -0.05) is 43.7 Å². The Labute approximate surface area is 125 Å². The molecule has 114 valence electrons. The van der Waals surface area contributed by atoms with E-state index in [9.17, 15) is 10.0 Å². The smallest absolute Gasteiger partial charge is 0.252 e. The average Bonchev–Trinajstić information content (AvgIpc) is 2.79. The summed E-state index contributed by atoms with van der Waals surface area (Å²) in [5.74, 6) is 0.422. The van der Waals surface area contributed by atoms with Crippen molar-refractivity contribution in [3.05, 3.63) is 41.1 Å². The molecule has 3 rings (SSSR count). The van der Waals surface area contributed by atoms with Gasteiger partial charge in [0, 0.05) is 12.3 Å². The van der Waals surface area contributed by atoms with Crippen LogP contribution in [0.1, 0.15) is 31.7 Å². The SMILES string of the molecule is C[C@@H](C(=O)C1OCC(Cc2ccccc2)[NH+]1[O-])C1CCC1. The second-order valence-corrected chi connectivity index (χ2v) is 6.38. The number of Topliss-reactive ketones (excluding diaryl/α,β-unsaturated/α-hetero) is 1. The number of ether oxygens (including phenoxy) is 1. The fraction of sp³-hybridized carbons (Fsp3) is 0.588. The fourth-order valence-electron chi connectivity index (χ4n) is 3.28. The van der Waals surface area contributed by atoms with Crippen LogP contribution in [0, 0.1) is 17.0 Å². The Morgan fingerprint density at radius 2 is 2.10 bits per heavy atom. The number of nitrogens with one attached hydrogen (secondary N) is 1. The van der Waals surface area contributed by atoms with Gasteiger partial charge in [0.15, 0.2) is 0 Å². The van der Waals surface area contributed by atoms with Gasteiger partial charge < -0.3 is 15.0 Å². The first kappa shape index (κ1) is 14.7. The highest BCUT2D eigenvalue weighted by Gasteiger charge is 2.42. The molecule has 4 heteroatoms. The quantitative estimate of drug-likeness (QED) is 0.832. The molecule has 3 unspecified atom stereocenters. The third kappa shape index (κ3) is 3.03. The summed E-state index contributed by atoms with van der Waals surface area (Å²) in [5, 5.41) is 12.4. The highest BCUT2D eigenvalue weighted by Crippen LogP contribution is 2.34. The van der Waals surface area contributed by atoms with Crippen molar-refractivity contribution in [3.8, 4) is 0 Å². The van der Waals surface area contributed by atoms with E-state index in [2.05, 4.69) is 0 Å². The lowest BCUT2D eigenvalue weighted by atomic mass is 9.75. The van der Waals surface area contributed by atoms with Crippen LogP contribution in [-0.4, -0.2) is 24.7 Å². The molecule has 1 saturated heterocycles. The number of hydrogen-bond donors (Lipinski definition) is 1. The largest absolute Gasteiger partial charge is 0.632 e. The Hall–Kier alpha value is -1.23. The highest BCUT2D eigenvalue weighted by atomic mass is 16.6. The molecule has 0 bridgehead atoms. The number of carbonyl (C=O) groups is 1. The van der Waals surface area contributed by atoms with Gasteiger partial charge in [0.1, 0.15) is 12.6 Å². The van der Waals surface area contributed by atoms with Gasteiger partial charge in [-0.3, -0.25) is 4.79 Å². The van der Waals surface area contributed by atoms with E-state index in [0.717, 1.165) is 18.4 Å². The first-order chi connectivity index (χ1) is 10.2. The Morgan fingerprint density at radius 1 is 1.38 bits per heavy atom. The number of benzene rings is 1. The van der Waals surface area contributed by atoms with E-state index in [4.69, 9.17) is 4.74 Å². The molecule has 1 heterocycles. The highest BCUT2D eigenvalue weighted by molar-refractivity contribution is 5.84. The molecule has 0 spiro atoms. The van der Waals surface area contributed by atoms with Gasteiger partial charge >= 0.3 is 0 Å². The topological polar surface area (TPSA) is 53.8 Å². The Bertz CT molecular complexity index is 486. The van der Waals surface area contributed by atoms with Crippen molar-refractivity contribution >= 4 is 5.78 Å². The molecule has 0 radical (unpaired) electrons. The zero-order valence-corrected chi connectivity index (χ0v) is 12.5. The van der Waals surface area contributed by atoms with Crippen LogP contribution in [0.3, 0.4) is 0 Å². The normalized spacial score (nSPS) is 30.9. The van der Waals surface area contributed by atoms with Gasteiger partial charge in [-0.2, -0.15) is 0 Å². The number of ketones is 1. The minimum Gasteiger partial charge on any atom is -0.632 e. The lowest BCUT2D eigenvalue weighted by Crippen LogP contribution is -3.14. The van der Waals surface area contributed by atoms with Crippen LogP contribution in [0.5, 0.6) is 0 Å². The first-order valence-electron chi connectivity index (χ1n) is 7.90. The van der Waals surface area contributed by atoms with Gasteiger partial charge in [-0.05, 0) is 24.3 Å². The molecule has 1 aromatic rings. The molecule has 1 aromatic carbocycles. The summed E-state index contributed by atoms with van der Waals surface area (Å²) >= 11 is 0. The van der Waals surface area contributed by atoms with Crippen LogP contribution in [-0.2, 0) is 16.0 Å². The van der Waals surface area contributed by atoms with E-state index in [1.807, 2.05) is 37.3 Å². The Balaban J connectivity index is 1.60. The van der Waals surface area contributed by atoms with Gasteiger partial charge in [-0.15, -0.1) is 0 Å². The van der Waals surface area contributed by atoms with Gasteiger partial charge in [0.05, 0.1) is 0 Å². The van der Waals surface area contributed by atoms with Crippen LogP contribution in [0.4, 0.5) is 0 Å². The molecule has 1 saturated carbocycles. The van der Waals surface area contributed by atoms with Gasteiger partial charge in [0.25, 0.3) is 6.23 Å². The summed E-state index contributed by atoms with van der Waals surface area (Å²) in [6.07, 6.45) is 3.29. The summed E-state index contributed by atoms with van der Waals surface area (Å²) in [7, 11) is 0. The van der Waals surface area contributed by atoms with Crippen LogP contribution in [0.2, 0.25) is 0 Å². The summed E-state index contributed by atoms with van der Waals surface area (Å²) < 4.78 is 5.55. The molecule has 21 heavy (non-hydrogen) atoms. The number of hydrogen-bond acceptors (Lipinski definition) is 3. The maximum absolute atomic E-state index is 12.4. The summed E-state index contributed by atoms with van der Waals surface area (Å²) in [6, 6.07) is 9.76. The Morgan fingerprint density at radius 3 is 2.71 bits per heavy atom. The lowest BCUT2D eigenvalue weighted by molar-refractivity contribution is -0.887. The molecule has 0 amide bonds. The third-order valence-electron chi connectivity index (χ3n) is 5.01. The summed E-state index contributed by atoms with van der Waals surface area (Å²) in [6.45, 7) is 2.33. The minimum absolute atomic E-state index is 0.000242. The van der Waals surface area contributed by atoms with Crippen LogP contribution in [0.15, 0.2) is 30.3 Å². The standard InChI is InChI=1S/C17H23NO3/c1-12(14-8-5-9-14)16(19)17-18(20)15(11-21-17)10-13-6-3-2-4-7-13/h2-4,6-7,12,14-15,17-18H,5,8-11H2,1H3/t12-,15?,17?/m1/s1. The number of rotatable bonds is 5. The molecule has 4 atom stereocenters. The van der Waals surface area contributed by atoms with E-state index in [0.29, 0.717) is 18.9 Å². The molecule has 0 aromatic heterocycles. The summed E-state index contributed by atoms with van der Waals surface area (Å²) in [4.78, 5) is 12.4. The number of hydroxylamine groups is 2. The summed E-state index contributed by atoms with van der Waals surface area (Å²) in [5.41, 5.74) is 1.12. The molecular weight excluding hydrogens is 266 g/mol. The van der Waals surface area contributed by atoms with E-state index in [1.54, 1.807) is 0 Å². The van der Waals surface area contributed by atoms with E-state index in [1.165, 1.54) is 6.42 Å². The second-order valence-electron chi connectivity index (χ2n) is 6.38. The van der Waals surface area contributed by atoms with Crippen molar-refractivity contribution in [2.75, 3.05) is 6.61 Å². The number of carbonyl (C=O) groups excluding carboxylic acids is 1. The second kappa shape index (κ2) is 6.26. The minimum atomic E-state index is -0.811. The molecule has 1 aliphatic heterocycles. The van der Waals surface area contributed by atoms with Gasteiger partial charge in [0.2, 0.25) is 5.78 Å². The predicted octanol–water partition coefficient (Wildman–Crippen LogP) is 1.34. The molecule has 1 N–H and O–H groups in total. The lowest BCUT2D eigenvalue weighted by Gasteiger charge is -2.33. The van der Waals surface area contributed by atoms with E-state index < -0.39 is 6.23 Å². The predicted molar refractivity (Wildman–Crippen MR) is 79.5 cm³/mol. The van der Waals surface area contributed by atoms with Crippen LogP contribution in [0.25, 0.3) is 0 Å². The van der Waals surface area contributed by atoms with Crippen molar-refractivity contribution in [1.82, 2.24) is 0 Å². The fourth-order valence-corrected chi connectivity index (χ4v) is 3.28. The van der Waals surface area contributed by atoms with Crippen molar-refractivity contribution in [3.63, 3.8) is 0 Å². The molecular formula is C17H23NO3. The van der Waals surface area contributed by atoms with Gasteiger partial charge in [-0.25, -0.2) is 0 Å². The van der Waals surface area contributed by atoms with Crippen LogP contribution >= 0.6 is 0 Å². The monoisotopic (exact) mass is 289 g/mol. The van der Waals surface area contributed by atoms with Crippen molar-refractivity contribution in [1.29, 1.82) is 0 Å². The van der Waals surface area contributed by atoms with Crippen molar-refractivity contribution in [2.45, 2.75) is 44.9 Å². The van der Waals surface area contributed by atoms with Crippen LogP contribution < -0.4 is 5.06 Å². The van der Waals surface area contributed by atoms with E-state index >= 15 is 0 Å². The van der Waals surface area contributed by atoms with E-state index in [-0.39, 0.29) is 22.8 Å². The molecule has 2 aliphatic rings. The molecule has 2 fully saturated rings. The van der Waals surface area contributed by atoms with Crippen molar-refractivity contribution < 1.29 is 14.6 Å².